The topological polar surface area (TPSA) is 81.5 Å². The lowest BCUT2D eigenvalue weighted by Gasteiger charge is -2.10. The molecule has 0 radical (unpaired) electrons. The minimum atomic E-state index is -4.08. The van der Waals surface area contributed by atoms with Crippen LogP contribution < -0.4 is 4.52 Å². The largest absolute Gasteiger partial charge is 0.527 e. The van der Waals surface area contributed by atoms with Crippen LogP contribution in [0.1, 0.15) is 0 Å². The van der Waals surface area contributed by atoms with Crippen molar-refractivity contribution in [2.24, 2.45) is 0 Å². The molecule has 0 amide bonds. The first-order chi connectivity index (χ1) is 8.05. The van der Waals surface area contributed by atoms with Crippen LogP contribution in [0.5, 0.6) is 5.75 Å². The van der Waals surface area contributed by atoms with Crippen LogP contribution in [0.4, 0.5) is 0 Å². The van der Waals surface area contributed by atoms with Gasteiger partial charge in [-0.2, -0.15) is 0 Å². The molecule has 96 valence electrons. The number of rotatable bonds is 5. The molecule has 17 heavy (non-hydrogen) atoms. The van der Waals surface area contributed by atoms with Crippen LogP contribution in [-0.4, -0.2) is 21.5 Å². The quantitative estimate of drug-likeness (QED) is 0.333. The molecule has 1 unspecified atom stereocenters. The third-order valence-corrected chi connectivity index (χ3v) is 2.03. The Morgan fingerprint density at radius 2 is 2.06 bits per heavy atom. The van der Waals surface area contributed by atoms with E-state index in [0.29, 0.717) is 0 Å². The molecule has 0 fully saturated rings. The molecular formula is C7H11N2O4PS3. The normalized spacial score (nSPS) is 12.9. The minimum absolute atomic E-state index is 0.0680. The van der Waals surface area contributed by atoms with Gasteiger partial charge in [0.1, 0.15) is 6.33 Å². The molecule has 0 aliphatic rings. The van der Waals surface area contributed by atoms with E-state index in [1.54, 1.807) is 0 Å². The zero-order valence-electron chi connectivity index (χ0n) is 8.54. The van der Waals surface area contributed by atoms with Crippen LogP contribution in [0.25, 0.3) is 0 Å². The molecule has 0 aliphatic carbocycles. The molecule has 1 rings (SSSR count). The molecule has 0 aliphatic heterocycles. The first kappa shape index (κ1) is 16.8. The van der Waals surface area contributed by atoms with Gasteiger partial charge in [0, 0.05) is 0 Å². The molecule has 0 saturated carbocycles. The third kappa shape index (κ3) is 9.51. The van der Waals surface area contributed by atoms with Crippen LogP contribution in [0.3, 0.4) is 0 Å². The Morgan fingerprint density at radius 3 is 2.53 bits per heavy atom. The Morgan fingerprint density at radius 1 is 1.53 bits per heavy atom. The van der Waals surface area contributed by atoms with Crippen molar-refractivity contribution in [2.75, 3.05) is 6.61 Å². The molecule has 0 bridgehead atoms. The van der Waals surface area contributed by atoms with Crippen molar-refractivity contribution < 1.29 is 18.5 Å². The predicted molar refractivity (Wildman–Crippen MR) is 74.2 cm³/mol. The molecule has 1 aromatic rings. The maximum atomic E-state index is 11.1. The highest BCUT2D eigenvalue weighted by molar-refractivity contribution is 9.01. The first-order valence-corrected chi connectivity index (χ1v) is 8.45. The summed E-state index contributed by atoms with van der Waals surface area (Å²) in [7, 11) is -2.94. The van der Waals surface area contributed by atoms with Gasteiger partial charge in [-0.05, 0) is 9.83 Å². The van der Waals surface area contributed by atoms with E-state index in [4.69, 9.17) is 4.89 Å². The molecule has 0 aromatic carbocycles. The van der Waals surface area contributed by atoms with Crippen molar-refractivity contribution in [1.29, 1.82) is 0 Å². The number of thiol groups is 2. The molecule has 6 nitrogen and oxygen atoms in total. The predicted octanol–water partition coefficient (Wildman–Crippen LogP) is 2.57. The second-order valence-electron chi connectivity index (χ2n) is 2.30. The van der Waals surface area contributed by atoms with Gasteiger partial charge in [-0.25, -0.2) is 14.5 Å². The van der Waals surface area contributed by atoms with Crippen LogP contribution >= 0.6 is 41.0 Å². The Hall–Kier alpha value is -0.180. The van der Waals surface area contributed by atoms with Gasteiger partial charge < -0.3 is 4.52 Å². The van der Waals surface area contributed by atoms with Gasteiger partial charge >= 0.3 is 7.82 Å². The van der Waals surface area contributed by atoms with E-state index in [1.165, 1.54) is 24.8 Å². The molecule has 1 aromatic heterocycles. The number of aromatic nitrogens is 2. The smallest absolute Gasteiger partial charge is 0.401 e. The summed E-state index contributed by atoms with van der Waals surface area (Å²) in [4.78, 5) is 16.3. The lowest BCUT2D eigenvalue weighted by atomic mass is 10.6. The third-order valence-electron chi connectivity index (χ3n) is 1.11. The number of phosphoric acid groups is 1. The maximum Gasteiger partial charge on any atom is 0.527 e. The van der Waals surface area contributed by atoms with E-state index in [1.807, 2.05) is 0 Å². The summed E-state index contributed by atoms with van der Waals surface area (Å²) < 4.78 is 20.3. The van der Waals surface area contributed by atoms with Crippen LogP contribution in [-0.2, 0) is 9.09 Å². The van der Waals surface area contributed by atoms with Crippen molar-refractivity contribution in [2.45, 2.75) is 0 Å². The number of phosphoric ester groups is 1. The first-order valence-electron chi connectivity index (χ1n) is 4.03. The Balaban J connectivity index is 0.000000770. The van der Waals surface area contributed by atoms with Crippen molar-refractivity contribution in [3.05, 3.63) is 31.4 Å². The van der Waals surface area contributed by atoms with Gasteiger partial charge in [0.2, 0.25) is 0 Å². The SMILES string of the molecule is C=CCOP(=O)(O)Oc1cncnc1.SSS. The monoisotopic (exact) mass is 314 g/mol. The van der Waals surface area contributed by atoms with Crippen LogP contribution in [0, 0.1) is 0 Å². The highest BCUT2D eigenvalue weighted by Crippen LogP contribution is 2.43. The van der Waals surface area contributed by atoms with E-state index in [9.17, 15) is 4.57 Å². The maximum absolute atomic E-state index is 11.1. The number of hydrogen-bond acceptors (Lipinski definition) is 8. The van der Waals surface area contributed by atoms with Gasteiger partial charge in [0.15, 0.2) is 5.75 Å². The fourth-order valence-electron chi connectivity index (χ4n) is 0.639. The fourth-order valence-corrected chi connectivity index (χ4v) is 1.35. The second kappa shape index (κ2) is 9.81. The molecule has 1 N–H and O–H groups in total. The van der Waals surface area contributed by atoms with E-state index >= 15 is 0 Å². The average molecular weight is 314 g/mol. The highest BCUT2D eigenvalue weighted by atomic mass is 33.5. The molecule has 10 heteroatoms. The van der Waals surface area contributed by atoms with Gasteiger partial charge in [-0.3, -0.25) is 9.42 Å². The number of nitrogens with zero attached hydrogens (tertiary/aromatic N) is 2. The standard InChI is InChI=1S/C7H9N2O4P.H2S3/c1-2-3-12-14(10,11)13-7-4-8-6-9-5-7;1-3-2/h2,4-6H,1,3H2,(H,10,11);1-2H. The zero-order valence-corrected chi connectivity index (χ0v) is 12.0. The summed E-state index contributed by atoms with van der Waals surface area (Å²) in [6.07, 6.45) is 5.13. The summed E-state index contributed by atoms with van der Waals surface area (Å²) in [6, 6.07) is 0. The summed E-state index contributed by atoms with van der Waals surface area (Å²) in [5, 5.41) is 0. The van der Waals surface area contributed by atoms with Crippen LogP contribution in [0.15, 0.2) is 31.4 Å². The van der Waals surface area contributed by atoms with Crippen molar-refractivity contribution in [3.8, 4) is 5.75 Å². The second-order valence-corrected chi connectivity index (χ2v) is 5.80. The van der Waals surface area contributed by atoms with Crippen molar-refractivity contribution >= 4 is 41.0 Å². The van der Waals surface area contributed by atoms with Gasteiger partial charge in [0.05, 0.1) is 19.0 Å². The summed E-state index contributed by atoms with van der Waals surface area (Å²) in [5.74, 6) is 0.0717. The molecule has 1 atom stereocenters. The van der Waals surface area contributed by atoms with Crippen LogP contribution in [0.2, 0.25) is 0 Å². The number of hydrogen-bond donors (Lipinski definition) is 3. The summed E-state index contributed by atoms with van der Waals surface area (Å²) in [6.45, 7) is 3.27. The zero-order chi connectivity index (χ0) is 13.1. The summed E-state index contributed by atoms with van der Waals surface area (Å²) >= 11 is 7.14. The Labute approximate surface area is 113 Å². The van der Waals surface area contributed by atoms with Crippen molar-refractivity contribution in [3.63, 3.8) is 0 Å². The van der Waals surface area contributed by atoms with Gasteiger partial charge in [-0.1, -0.05) is 29.4 Å². The molecular weight excluding hydrogens is 303 g/mol. The van der Waals surface area contributed by atoms with Gasteiger partial charge in [-0.15, -0.1) is 6.58 Å². The van der Waals surface area contributed by atoms with Crippen molar-refractivity contribution in [1.82, 2.24) is 9.97 Å². The molecule has 0 spiro atoms. The van der Waals surface area contributed by atoms with E-state index in [-0.39, 0.29) is 12.4 Å². The Kier molecular flexibility index (Phi) is 9.71. The summed E-state index contributed by atoms with van der Waals surface area (Å²) in [5.41, 5.74) is 0. The highest BCUT2D eigenvalue weighted by Gasteiger charge is 2.22. The van der Waals surface area contributed by atoms with E-state index in [0.717, 1.165) is 9.83 Å². The minimum Gasteiger partial charge on any atom is -0.401 e. The lowest BCUT2D eigenvalue weighted by Crippen LogP contribution is -1.97. The lowest BCUT2D eigenvalue weighted by molar-refractivity contribution is 0.222. The van der Waals surface area contributed by atoms with E-state index in [2.05, 4.69) is 48.9 Å². The Bertz CT molecular complexity index is 367. The van der Waals surface area contributed by atoms with E-state index < -0.39 is 7.82 Å². The molecule has 0 saturated heterocycles. The molecule has 1 heterocycles. The van der Waals surface area contributed by atoms with Gasteiger partial charge in [0.25, 0.3) is 0 Å². The average Bonchev–Trinajstić information content (AvgIpc) is 2.28. The fraction of sp³-hybridized carbons (Fsp3) is 0.143.